The lowest BCUT2D eigenvalue weighted by Gasteiger charge is -2.09. The summed E-state index contributed by atoms with van der Waals surface area (Å²) in [6.45, 7) is 2.06. The van der Waals surface area contributed by atoms with Crippen molar-refractivity contribution in [2.75, 3.05) is 5.32 Å². The highest BCUT2D eigenvalue weighted by molar-refractivity contribution is 6.29. The summed E-state index contributed by atoms with van der Waals surface area (Å²) in [5.41, 5.74) is 2.35. The number of pyridine rings is 1. The summed E-state index contributed by atoms with van der Waals surface area (Å²) in [5.74, 6) is 0. The molecule has 1 amide bonds. The number of aryl methyl sites for hydroxylation is 1. The molecule has 0 atom stereocenters. The van der Waals surface area contributed by atoms with Gasteiger partial charge in [-0.25, -0.2) is 9.78 Å². The summed E-state index contributed by atoms with van der Waals surface area (Å²) in [6.07, 6.45) is 0.984. The van der Waals surface area contributed by atoms with Gasteiger partial charge in [0.05, 0.1) is 11.9 Å². The Balaban J connectivity index is 1.91. The standard InChI is InChI=1S/C14H13ClN2O2/c1-10-7-13(15)16-8-12(10)17-14(18)19-9-11-5-3-2-4-6-11/h2-8H,9H2,1H3,(H,17,18). The number of hydrogen-bond donors (Lipinski definition) is 1. The number of carbonyl (C=O) groups excluding carboxylic acids is 1. The normalized spacial score (nSPS) is 10.0. The first kappa shape index (κ1) is 13.4. The quantitative estimate of drug-likeness (QED) is 0.868. The Morgan fingerprint density at radius 3 is 2.79 bits per heavy atom. The van der Waals surface area contributed by atoms with Gasteiger partial charge in [0, 0.05) is 0 Å². The third-order valence-electron chi connectivity index (χ3n) is 2.53. The van der Waals surface area contributed by atoms with Crippen LogP contribution in [0, 0.1) is 6.92 Å². The fourth-order valence-corrected chi connectivity index (χ4v) is 1.73. The van der Waals surface area contributed by atoms with Gasteiger partial charge < -0.3 is 4.74 Å². The molecule has 1 aromatic carbocycles. The van der Waals surface area contributed by atoms with Crippen LogP contribution in [0.25, 0.3) is 0 Å². The number of hydrogen-bond acceptors (Lipinski definition) is 3. The molecule has 2 rings (SSSR count). The molecule has 5 heteroatoms. The number of carbonyl (C=O) groups is 1. The Morgan fingerprint density at radius 2 is 2.11 bits per heavy atom. The van der Waals surface area contributed by atoms with Crippen LogP contribution in [-0.2, 0) is 11.3 Å². The first-order valence-electron chi connectivity index (χ1n) is 5.75. The SMILES string of the molecule is Cc1cc(Cl)ncc1NC(=O)OCc1ccccc1. The Bertz CT molecular complexity index is 573. The average molecular weight is 277 g/mol. The minimum absolute atomic E-state index is 0.229. The number of nitrogens with zero attached hydrogens (tertiary/aromatic N) is 1. The second-order valence-corrected chi connectivity index (χ2v) is 4.40. The van der Waals surface area contributed by atoms with Crippen LogP contribution < -0.4 is 5.32 Å². The predicted molar refractivity (Wildman–Crippen MR) is 74.2 cm³/mol. The Morgan fingerprint density at radius 1 is 1.37 bits per heavy atom. The van der Waals surface area contributed by atoms with Gasteiger partial charge in [-0.3, -0.25) is 5.32 Å². The third-order valence-corrected chi connectivity index (χ3v) is 2.73. The highest BCUT2D eigenvalue weighted by Crippen LogP contribution is 2.17. The predicted octanol–water partition coefficient (Wildman–Crippen LogP) is 3.79. The Labute approximate surface area is 116 Å². The monoisotopic (exact) mass is 276 g/mol. The smallest absolute Gasteiger partial charge is 0.412 e. The summed E-state index contributed by atoms with van der Waals surface area (Å²) in [7, 11) is 0. The van der Waals surface area contributed by atoms with Gasteiger partial charge in [-0.1, -0.05) is 41.9 Å². The summed E-state index contributed by atoms with van der Waals surface area (Å²) in [4.78, 5) is 15.5. The maximum absolute atomic E-state index is 11.6. The van der Waals surface area contributed by atoms with Crippen LogP contribution in [0.1, 0.15) is 11.1 Å². The molecular formula is C14H13ClN2O2. The molecule has 1 aromatic heterocycles. The fourth-order valence-electron chi connectivity index (χ4n) is 1.52. The topological polar surface area (TPSA) is 51.2 Å². The summed E-state index contributed by atoms with van der Waals surface area (Å²) in [6, 6.07) is 11.2. The molecule has 19 heavy (non-hydrogen) atoms. The molecule has 0 radical (unpaired) electrons. The van der Waals surface area contributed by atoms with Crippen molar-refractivity contribution >= 4 is 23.4 Å². The lowest BCUT2D eigenvalue weighted by Crippen LogP contribution is -2.14. The van der Waals surface area contributed by atoms with Crippen molar-refractivity contribution in [1.29, 1.82) is 0 Å². The van der Waals surface area contributed by atoms with Crippen LogP contribution >= 0.6 is 11.6 Å². The van der Waals surface area contributed by atoms with Crippen LogP contribution in [0.2, 0.25) is 5.15 Å². The molecule has 0 fully saturated rings. The highest BCUT2D eigenvalue weighted by Gasteiger charge is 2.06. The molecule has 0 unspecified atom stereocenters. The molecule has 0 spiro atoms. The maximum Gasteiger partial charge on any atom is 0.412 e. The zero-order valence-corrected chi connectivity index (χ0v) is 11.1. The zero-order valence-electron chi connectivity index (χ0n) is 10.4. The number of nitrogens with one attached hydrogen (secondary N) is 1. The van der Waals surface area contributed by atoms with Gasteiger partial charge in [0.2, 0.25) is 0 Å². The lowest BCUT2D eigenvalue weighted by atomic mass is 10.2. The molecule has 0 saturated carbocycles. The van der Waals surface area contributed by atoms with E-state index in [-0.39, 0.29) is 6.61 Å². The van der Waals surface area contributed by atoms with Gasteiger partial charge in [-0.15, -0.1) is 0 Å². The second kappa shape index (κ2) is 6.20. The van der Waals surface area contributed by atoms with Gasteiger partial charge in [0.15, 0.2) is 0 Å². The average Bonchev–Trinajstić information content (AvgIpc) is 2.41. The van der Waals surface area contributed by atoms with E-state index in [0.717, 1.165) is 11.1 Å². The molecule has 1 N–H and O–H groups in total. The van der Waals surface area contributed by atoms with Crippen molar-refractivity contribution in [2.45, 2.75) is 13.5 Å². The van der Waals surface area contributed by atoms with E-state index in [1.807, 2.05) is 37.3 Å². The minimum atomic E-state index is -0.518. The van der Waals surface area contributed by atoms with E-state index in [4.69, 9.17) is 16.3 Å². The van der Waals surface area contributed by atoms with Crippen molar-refractivity contribution in [3.8, 4) is 0 Å². The molecule has 0 saturated heterocycles. The molecule has 0 aliphatic heterocycles. The Hall–Kier alpha value is -2.07. The number of halogens is 1. The van der Waals surface area contributed by atoms with Crippen LogP contribution in [0.3, 0.4) is 0 Å². The summed E-state index contributed by atoms with van der Waals surface area (Å²) < 4.78 is 5.11. The van der Waals surface area contributed by atoms with E-state index in [1.165, 1.54) is 6.20 Å². The van der Waals surface area contributed by atoms with Gasteiger partial charge >= 0.3 is 6.09 Å². The van der Waals surface area contributed by atoms with Gasteiger partial charge in [-0.2, -0.15) is 0 Å². The van der Waals surface area contributed by atoms with Gasteiger partial charge in [0.1, 0.15) is 11.8 Å². The number of ether oxygens (including phenoxy) is 1. The van der Waals surface area contributed by atoms with E-state index < -0.39 is 6.09 Å². The molecule has 0 aliphatic rings. The van der Waals surface area contributed by atoms with Gasteiger partial charge in [-0.05, 0) is 24.1 Å². The molecule has 1 heterocycles. The highest BCUT2D eigenvalue weighted by atomic mass is 35.5. The first-order valence-corrected chi connectivity index (χ1v) is 6.13. The van der Waals surface area contributed by atoms with Crippen molar-refractivity contribution in [1.82, 2.24) is 4.98 Å². The number of anilines is 1. The third kappa shape index (κ3) is 3.96. The summed E-state index contributed by atoms with van der Waals surface area (Å²) >= 11 is 5.74. The molecule has 0 bridgehead atoms. The molecule has 0 aliphatic carbocycles. The lowest BCUT2D eigenvalue weighted by molar-refractivity contribution is 0.155. The largest absolute Gasteiger partial charge is 0.444 e. The number of aromatic nitrogens is 1. The maximum atomic E-state index is 11.6. The van der Waals surface area contributed by atoms with E-state index in [2.05, 4.69) is 10.3 Å². The number of benzene rings is 1. The van der Waals surface area contributed by atoms with Crippen molar-refractivity contribution < 1.29 is 9.53 Å². The second-order valence-electron chi connectivity index (χ2n) is 4.01. The fraction of sp³-hybridized carbons (Fsp3) is 0.143. The van der Waals surface area contributed by atoms with E-state index in [0.29, 0.717) is 10.8 Å². The Kier molecular flexibility index (Phi) is 4.36. The van der Waals surface area contributed by atoms with Crippen LogP contribution in [0.15, 0.2) is 42.6 Å². The van der Waals surface area contributed by atoms with E-state index in [1.54, 1.807) is 6.07 Å². The zero-order chi connectivity index (χ0) is 13.7. The van der Waals surface area contributed by atoms with Crippen LogP contribution in [-0.4, -0.2) is 11.1 Å². The summed E-state index contributed by atoms with van der Waals surface area (Å²) in [5, 5.41) is 3.01. The first-order chi connectivity index (χ1) is 9.15. The van der Waals surface area contributed by atoms with Crippen molar-refractivity contribution in [3.05, 3.63) is 58.9 Å². The van der Waals surface area contributed by atoms with Crippen molar-refractivity contribution in [2.24, 2.45) is 0 Å². The molecule has 4 nitrogen and oxygen atoms in total. The number of rotatable bonds is 3. The molecule has 2 aromatic rings. The van der Waals surface area contributed by atoms with E-state index in [9.17, 15) is 4.79 Å². The minimum Gasteiger partial charge on any atom is -0.444 e. The van der Waals surface area contributed by atoms with Crippen LogP contribution in [0.4, 0.5) is 10.5 Å². The van der Waals surface area contributed by atoms with Gasteiger partial charge in [0.25, 0.3) is 0 Å². The molecule has 98 valence electrons. The van der Waals surface area contributed by atoms with Crippen molar-refractivity contribution in [3.63, 3.8) is 0 Å². The van der Waals surface area contributed by atoms with E-state index >= 15 is 0 Å². The number of amides is 1. The van der Waals surface area contributed by atoms with Crippen LogP contribution in [0.5, 0.6) is 0 Å². The molecular weight excluding hydrogens is 264 g/mol.